The van der Waals surface area contributed by atoms with Crippen molar-refractivity contribution in [1.82, 2.24) is 10.2 Å². The highest BCUT2D eigenvalue weighted by Gasteiger charge is 2.29. The zero-order valence-electron chi connectivity index (χ0n) is 13.2. The van der Waals surface area contributed by atoms with E-state index < -0.39 is 5.97 Å². The molecule has 0 atom stereocenters. The molecular weight excluding hydrogens is 268 g/mol. The lowest BCUT2D eigenvalue weighted by molar-refractivity contribution is -0.143. The number of piperidine rings is 1. The summed E-state index contributed by atoms with van der Waals surface area (Å²) in [7, 11) is 0. The van der Waals surface area contributed by atoms with E-state index in [1.165, 1.54) is 0 Å². The van der Waals surface area contributed by atoms with Gasteiger partial charge in [0.05, 0.1) is 5.92 Å². The molecule has 120 valence electrons. The molecule has 1 saturated carbocycles. The van der Waals surface area contributed by atoms with E-state index in [9.17, 15) is 9.59 Å². The Morgan fingerprint density at radius 3 is 2.24 bits per heavy atom. The minimum Gasteiger partial charge on any atom is -0.481 e. The summed E-state index contributed by atoms with van der Waals surface area (Å²) in [5.41, 5.74) is 0.353. The minimum absolute atomic E-state index is 0.0471. The third-order valence-corrected chi connectivity index (χ3v) is 5.14. The van der Waals surface area contributed by atoms with Crippen LogP contribution >= 0.6 is 0 Å². The Morgan fingerprint density at radius 1 is 1.14 bits per heavy atom. The van der Waals surface area contributed by atoms with Crippen molar-refractivity contribution in [2.45, 2.75) is 52.4 Å². The van der Waals surface area contributed by atoms with Gasteiger partial charge in [-0.1, -0.05) is 13.8 Å². The summed E-state index contributed by atoms with van der Waals surface area (Å²) in [5.74, 6) is -0.416. The van der Waals surface area contributed by atoms with E-state index in [1.807, 2.05) is 4.90 Å². The largest absolute Gasteiger partial charge is 0.481 e. The molecule has 0 radical (unpaired) electrons. The van der Waals surface area contributed by atoms with Gasteiger partial charge in [-0.3, -0.25) is 4.79 Å². The first-order valence-electron chi connectivity index (χ1n) is 8.13. The number of nitrogens with zero attached hydrogens (tertiary/aromatic N) is 1. The molecule has 2 fully saturated rings. The van der Waals surface area contributed by atoms with Gasteiger partial charge in [0.15, 0.2) is 0 Å². The number of aliphatic carboxylic acids is 1. The highest BCUT2D eigenvalue weighted by molar-refractivity contribution is 5.74. The predicted molar refractivity (Wildman–Crippen MR) is 81.1 cm³/mol. The van der Waals surface area contributed by atoms with Crippen LogP contribution in [0, 0.1) is 17.3 Å². The van der Waals surface area contributed by atoms with E-state index in [2.05, 4.69) is 19.2 Å². The van der Waals surface area contributed by atoms with Crippen molar-refractivity contribution < 1.29 is 14.7 Å². The number of carboxylic acids is 1. The second-order valence-electron chi connectivity index (χ2n) is 7.39. The topological polar surface area (TPSA) is 69.6 Å². The average molecular weight is 296 g/mol. The Kier molecular flexibility index (Phi) is 5.12. The summed E-state index contributed by atoms with van der Waals surface area (Å²) in [6.45, 7) is 6.87. The molecule has 0 bridgehead atoms. The highest BCUT2D eigenvalue weighted by Crippen LogP contribution is 2.30. The summed E-state index contributed by atoms with van der Waals surface area (Å²) in [5, 5.41) is 12.0. The highest BCUT2D eigenvalue weighted by atomic mass is 16.4. The lowest BCUT2D eigenvalue weighted by Crippen LogP contribution is -2.47. The number of rotatable bonds is 3. The smallest absolute Gasteiger partial charge is 0.317 e. The van der Waals surface area contributed by atoms with Crippen molar-refractivity contribution in [3.05, 3.63) is 0 Å². The van der Waals surface area contributed by atoms with Gasteiger partial charge in [-0.05, 0) is 49.9 Å². The first kappa shape index (κ1) is 16.1. The first-order valence-corrected chi connectivity index (χ1v) is 8.13. The molecule has 2 N–H and O–H groups in total. The Hall–Kier alpha value is -1.26. The van der Waals surface area contributed by atoms with E-state index >= 15 is 0 Å². The Labute approximate surface area is 127 Å². The second kappa shape index (κ2) is 6.67. The molecule has 5 heteroatoms. The van der Waals surface area contributed by atoms with Crippen LogP contribution in [0.5, 0.6) is 0 Å². The van der Waals surface area contributed by atoms with Gasteiger partial charge >= 0.3 is 12.0 Å². The van der Waals surface area contributed by atoms with Crippen molar-refractivity contribution in [2.24, 2.45) is 17.3 Å². The fourth-order valence-corrected chi connectivity index (χ4v) is 3.27. The zero-order chi connectivity index (χ0) is 15.5. The molecule has 0 aromatic rings. The third-order valence-electron chi connectivity index (χ3n) is 5.14. The Morgan fingerprint density at radius 2 is 1.71 bits per heavy atom. The number of carboxylic acid groups (broad SMARTS) is 1. The average Bonchev–Trinajstić information content (AvgIpc) is 2.45. The molecule has 1 aliphatic carbocycles. The van der Waals surface area contributed by atoms with E-state index in [-0.39, 0.29) is 11.9 Å². The molecule has 0 aromatic carbocycles. The molecule has 1 saturated heterocycles. The fourth-order valence-electron chi connectivity index (χ4n) is 3.27. The van der Waals surface area contributed by atoms with Crippen LogP contribution in [0.3, 0.4) is 0 Å². The minimum atomic E-state index is -0.673. The normalized spacial score (nSPS) is 29.0. The second-order valence-corrected chi connectivity index (χ2v) is 7.39. The number of hydrogen-bond donors (Lipinski definition) is 2. The lowest BCUT2D eigenvalue weighted by atomic mass is 9.82. The van der Waals surface area contributed by atoms with E-state index in [0.29, 0.717) is 17.9 Å². The van der Waals surface area contributed by atoms with Crippen molar-refractivity contribution >= 4 is 12.0 Å². The third kappa shape index (κ3) is 4.61. The van der Waals surface area contributed by atoms with Gasteiger partial charge in [0.1, 0.15) is 0 Å². The standard InChI is InChI=1S/C16H28N2O3/c1-16(2)7-9-18(10-8-16)15(21)17-11-12-3-5-13(6-4-12)14(19)20/h12-13H,3-11H2,1-2H3,(H,17,21)(H,19,20). The predicted octanol–water partition coefficient (Wildman–Crippen LogP) is 2.71. The van der Waals surface area contributed by atoms with E-state index in [1.54, 1.807) is 0 Å². The van der Waals surface area contributed by atoms with Crippen molar-refractivity contribution in [1.29, 1.82) is 0 Å². The van der Waals surface area contributed by atoms with Gasteiger partial charge in [-0.15, -0.1) is 0 Å². The van der Waals surface area contributed by atoms with Crippen LogP contribution in [-0.2, 0) is 4.79 Å². The van der Waals surface area contributed by atoms with E-state index in [0.717, 1.165) is 51.6 Å². The van der Waals surface area contributed by atoms with Gasteiger partial charge in [0.2, 0.25) is 0 Å². The van der Waals surface area contributed by atoms with Gasteiger partial charge < -0.3 is 15.3 Å². The van der Waals surface area contributed by atoms with Crippen LogP contribution in [0.4, 0.5) is 4.79 Å². The lowest BCUT2D eigenvalue weighted by Gasteiger charge is -2.37. The van der Waals surface area contributed by atoms with E-state index in [4.69, 9.17) is 5.11 Å². The van der Waals surface area contributed by atoms with Crippen molar-refractivity contribution in [3.8, 4) is 0 Å². The monoisotopic (exact) mass is 296 g/mol. The Bertz CT molecular complexity index is 377. The van der Waals surface area contributed by atoms with Crippen LogP contribution in [0.1, 0.15) is 52.4 Å². The molecular formula is C16H28N2O3. The number of urea groups is 1. The number of carbonyl (C=O) groups excluding carboxylic acids is 1. The summed E-state index contributed by atoms with van der Waals surface area (Å²) >= 11 is 0. The molecule has 5 nitrogen and oxygen atoms in total. The molecule has 1 heterocycles. The Balaban J connectivity index is 1.67. The molecule has 2 rings (SSSR count). The van der Waals surface area contributed by atoms with Gasteiger partial charge in [-0.2, -0.15) is 0 Å². The number of likely N-dealkylation sites (tertiary alicyclic amines) is 1. The molecule has 0 spiro atoms. The van der Waals surface area contributed by atoms with Crippen LogP contribution in [0.25, 0.3) is 0 Å². The maximum Gasteiger partial charge on any atom is 0.317 e. The maximum absolute atomic E-state index is 12.1. The fraction of sp³-hybridized carbons (Fsp3) is 0.875. The quantitative estimate of drug-likeness (QED) is 0.841. The maximum atomic E-state index is 12.1. The molecule has 2 aliphatic rings. The summed E-state index contributed by atoms with van der Waals surface area (Å²) in [4.78, 5) is 25.0. The molecule has 21 heavy (non-hydrogen) atoms. The van der Waals surface area contributed by atoms with Crippen LogP contribution in [0.2, 0.25) is 0 Å². The first-order chi connectivity index (χ1) is 9.87. The van der Waals surface area contributed by atoms with Gasteiger partial charge in [0, 0.05) is 19.6 Å². The summed E-state index contributed by atoms with van der Waals surface area (Å²) < 4.78 is 0. The number of carbonyl (C=O) groups is 2. The summed E-state index contributed by atoms with van der Waals surface area (Å²) in [6.07, 6.45) is 5.42. The molecule has 0 unspecified atom stereocenters. The van der Waals surface area contributed by atoms with Crippen molar-refractivity contribution in [3.63, 3.8) is 0 Å². The number of hydrogen-bond acceptors (Lipinski definition) is 2. The molecule has 2 amide bonds. The van der Waals surface area contributed by atoms with Gasteiger partial charge in [-0.25, -0.2) is 4.79 Å². The SMILES string of the molecule is CC1(C)CCN(C(=O)NCC2CCC(C(=O)O)CC2)CC1. The molecule has 0 aromatic heterocycles. The number of amides is 2. The van der Waals surface area contributed by atoms with Crippen LogP contribution < -0.4 is 5.32 Å². The van der Waals surface area contributed by atoms with Crippen molar-refractivity contribution in [2.75, 3.05) is 19.6 Å². The van der Waals surface area contributed by atoms with Gasteiger partial charge in [0.25, 0.3) is 0 Å². The molecule has 1 aliphatic heterocycles. The van der Waals surface area contributed by atoms with Crippen LogP contribution in [0.15, 0.2) is 0 Å². The zero-order valence-corrected chi connectivity index (χ0v) is 13.2. The summed E-state index contributed by atoms with van der Waals surface area (Å²) in [6, 6.07) is 0.0471. The number of nitrogens with one attached hydrogen (secondary N) is 1. The van der Waals surface area contributed by atoms with Crippen LogP contribution in [-0.4, -0.2) is 41.6 Å².